The number of thiophene rings is 1. The zero-order chi connectivity index (χ0) is 25.5. The maximum absolute atomic E-state index is 13.8. The molecule has 2 heterocycles. The van der Waals surface area contributed by atoms with E-state index in [1.807, 2.05) is 23.6 Å². The van der Waals surface area contributed by atoms with Crippen LogP contribution in [0.2, 0.25) is 0 Å². The lowest BCUT2D eigenvalue weighted by Crippen LogP contribution is -2.48. The molecule has 0 saturated heterocycles. The molecule has 1 aliphatic heterocycles. The molecule has 4 rings (SSSR count). The summed E-state index contributed by atoms with van der Waals surface area (Å²) in [6.07, 6.45) is 2.74. The Labute approximate surface area is 218 Å². The first-order chi connectivity index (χ1) is 17.4. The molecule has 190 valence electrons. The van der Waals surface area contributed by atoms with Crippen molar-refractivity contribution in [1.29, 1.82) is 0 Å². The minimum atomic E-state index is -0.964. The number of allylic oxidation sites excluding steroid dienone is 1. The minimum absolute atomic E-state index is 0.0977. The van der Waals surface area contributed by atoms with Gasteiger partial charge in [-0.2, -0.15) is 11.3 Å². The predicted octanol–water partition coefficient (Wildman–Crippen LogP) is 5.53. The van der Waals surface area contributed by atoms with Gasteiger partial charge in [-0.15, -0.1) is 11.8 Å². The maximum atomic E-state index is 13.8. The van der Waals surface area contributed by atoms with E-state index in [2.05, 4.69) is 41.1 Å². The number of rotatable bonds is 11. The van der Waals surface area contributed by atoms with E-state index in [0.717, 1.165) is 24.5 Å². The Bertz CT molecular complexity index is 1180. The van der Waals surface area contributed by atoms with Gasteiger partial charge in [-0.3, -0.25) is 4.79 Å². The Morgan fingerprint density at radius 1 is 1.11 bits per heavy atom. The van der Waals surface area contributed by atoms with Crippen LogP contribution in [0.4, 0.5) is 8.78 Å². The molecule has 8 heteroatoms. The number of hydrogen-bond donors (Lipinski definition) is 3. The van der Waals surface area contributed by atoms with Gasteiger partial charge in [0, 0.05) is 24.4 Å². The van der Waals surface area contributed by atoms with Crippen molar-refractivity contribution in [3.8, 4) is 0 Å². The average molecular weight is 529 g/mol. The molecule has 0 radical (unpaired) electrons. The smallest absolute Gasteiger partial charge is 0.257 e. The molecule has 3 atom stereocenters. The molecule has 1 aliphatic rings. The van der Waals surface area contributed by atoms with E-state index in [4.69, 9.17) is 0 Å². The van der Waals surface area contributed by atoms with Crippen molar-refractivity contribution in [2.75, 3.05) is 6.54 Å². The van der Waals surface area contributed by atoms with Crippen molar-refractivity contribution in [2.24, 2.45) is 0 Å². The molecule has 36 heavy (non-hydrogen) atoms. The van der Waals surface area contributed by atoms with E-state index in [9.17, 15) is 18.7 Å². The number of thioether (sulfide) groups is 1. The van der Waals surface area contributed by atoms with E-state index in [0.29, 0.717) is 17.0 Å². The topological polar surface area (TPSA) is 61.4 Å². The maximum Gasteiger partial charge on any atom is 0.257 e. The summed E-state index contributed by atoms with van der Waals surface area (Å²) in [5.74, 6) is -1.66. The first kappa shape index (κ1) is 26.5. The van der Waals surface area contributed by atoms with Crippen LogP contribution in [0.3, 0.4) is 0 Å². The van der Waals surface area contributed by atoms with Crippen LogP contribution < -0.4 is 10.6 Å². The summed E-state index contributed by atoms with van der Waals surface area (Å²) in [5.41, 5.74) is 3.89. The summed E-state index contributed by atoms with van der Waals surface area (Å²) in [6.45, 7) is 2.87. The highest BCUT2D eigenvalue weighted by molar-refractivity contribution is 8.04. The summed E-state index contributed by atoms with van der Waals surface area (Å²) in [4.78, 5) is 13.7. The number of carbonyl (C=O) groups excluding carboxylic acids is 1. The summed E-state index contributed by atoms with van der Waals surface area (Å²) >= 11 is 3.12. The van der Waals surface area contributed by atoms with Crippen LogP contribution in [0.15, 0.2) is 70.3 Å². The van der Waals surface area contributed by atoms with Crippen molar-refractivity contribution < 1.29 is 18.7 Å². The first-order valence-electron chi connectivity index (χ1n) is 12.0. The van der Waals surface area contributed by atoms with Crippen LogP contribution in [-0.4, -0.2) is 29.7 Å². The quantitative estimate of drug-likeness (QED) is 0.306. The van der Waals surface area contributed by atoms with Gasteiger partial charge in [0.15, 0.2) is 0 Å². The molecular formula is C28H30F2N2O2S2. The Morgan fingerprint density at radius 2 is 1.89 bits per heavy atom. The van der Waals surface area contributed by atoms with Gasteiger partial charge in [0.05, 0.1) is 17.1 Å². The van der Waals surface area contributed by atoms with E-state index < -0.39 is 23.8 Å². The molecule has 3 N–H and O–H groups in total. The lowest BCUT2D eigenvalue weighted by molar-refractivity contribution is -0.118. The molecule has 0 bridgehead atoms. The van der Waals surface area contributed by atoms with Gasteiger partial charge < -0.3 is 15.7 Å². The monoisotopic (exact) mass is 528 g/mol. The molecule has 0 fully saturated rings. The van der Waals surface area contributed by atoms with E-state index in [1.165, 1.54) is 35.0 Å². The van der Waals surface area contributed by atoms with E-state index in [-0.39, 0.29) is 24.1 Å². The number of amides is 1. The van der Waals surface area contributed by atoms with Gasteiger partial charge in [0.2, 0.25) is 0 Å². The van der Waals surface area contributed by atoms with Crippen molar-refractivity contribution >= 4 is 29.0 Å². The van der Waals surface area contributed by atoms with Crippen molar-refractivity contribution in [1.82, 2.24) is 10.6 Å². The van der Waals surface area contributed by atoms with Crippen molar-refractivity contribution in [3.05, 3.63) is 104 Å². The SMILES string of the molecule is CCc1cccc(CNC[C@@H](O)[C@H](Cc2cc(F)cc(F)c2)NC(=O)C2=CCC(c3ccsc3)S2)c1. The van der Waals surface area contributed by atoms with Gasteiger partial charge in [0.25, 0.3) is 5.91 Å². The highest BCUT2D eigenvalue weighted by Crippen LogP contribution is 2.44. The summed E-state index contributed by atoms with van der Waals surface area (Å²) in [6, 6.07) is 12.8. The second kappa shape index (κ2) is 12.6. The fraction of sp³-hybridized carbons (Fsp3) is 0.321. The third-order valence-electron chi connectivity index (χ3n) is 6.17. The standard InChI is InChI=1S/C28H30F2N2O2S2/c1-2-18-4-3-5-19(10-18)15-31-16-25(33)24(13-20-11-22(29)14-23(30)12-20)32-28(34)27-7-6-26(36-27)21-8-9-35-17-21/h3-5,7-12,14,17,24-26,31,33H,2,6,13,15-16H2,1H3,(H,32,34)/t24-,25+,26?/m0/s1. The molecule has 4 nitrogen and oxygen atoms in total. The Balaban J connectivity index is 1.41. The first-order valence-corrected chi connectivity index (χ1v) is 13.8. The number of hydrogen-bond acceptors (Lipinski definition) is 5. The van der Waals surface area contributed by atoms with Crippen LogP contribution >= 0.6 is 23.1 Å². The fourth-order valence-electron chi connectivity index (χ4n) is 4.24. The normalized spacial score (nSPS) is 17.0. The predicted molar refractivity (Wildman–Crippen MR) is 143 cm³/mol. The summed E-state index contributed by atoms with van der Waals surface area (Å²) < 4.78 is 27.6. The van der Waals surface area contributed by atoms with Gasteiger partial charge in [-0.25, -0.2) is 8.78 Å². The van der Waals surface area contributed by atoms with Gasteiger partial charge in [0.1, 0.15) is 11.6 Å². The summed E-state index contributed by atoms with van der Waals surface area (Å²) in [5, 5.41) is 21.4. The highest BCUT2D eigenvalue weighted by atomic mass is 32.2. The number of benzene rings is 2. The Kier molecular flexibility index (Phi) is 9.31. The largest absolute Gasteiger partial charge is 0.390 e. The summed E-state index contributed by atoms with van der Waals surface area (Å²) in [7, 11) is 0. The molecular weight excluding hydrogens is 498 g/mol. The second-order valence-corrected chi connectivity index (χ2v) is 10.9. The van der Waals surface area contributed by atoms with E-state index >= 15 is 0 Å². The number of aliphatic hydroxyl groups excluding tert-OH is 1. The fourth-order valence-corrected chi connectivity index (χ4v) is 6.18. The minimum Gasteiger partial charge on any atom is -0.390 e. The van der Waals surface area contributed by atoms with Crippen LogP contribution in [-0.2, 0) is 24.2 Å². The van der Waals surface area contributed by atoms with Gasteiger partial charge >= 0.3 is 0 Å². The molecule has 1 aromatic heterocycles. The Morgan fingerprint density at radius 3 is 2.61 bits per heavy atom. The van der Waals surface area contributed by atoms with Gasteiger partial charge in [-0.05, 0) is 70.5 Å². The number of nitrogens with one attached hydrogen (secondary N) is 2. The number of aryl methyl sites for hydroxylation is 1. The molecule has 0 spiro atoms. The zero-order valence-corrected chi connectivity index (χ0v) is 21.7. The lowest BCUT2D eigenvalue weighted by Gasteiger charge is -2.25. The third-order valence-corrected chi connectivity index (χ3v) is 8.22. The van der Waals surface area contributed by atoms with Crippen molar-refractivity contribution in [3.63, 3.8) is 0 Å². The molecule has 2 aromatic carbocycles. The zero-order valence-electron chi connectivity index (χ0n) is 20.0. The third kappa shape index (κ3) is 7.26. The lowest BCUT2D eigenvalue weighted by atomic mass is 10.0. The average Bonchev–Trinajstić information content (AvgIpc) is 3.55. The van der Waals surface area contributed by atoms with Crippen molar-refractivity contribution in [2.45, 2.75) is 50.1 Å². The number of aliphatic hydroxyl groups is 1. The second-order valence-electron chi connectivity index (χ2n) is 8.90. The molecule has 0 aliphatic carbocycles. The van der Waals surface area contributed by atoms with Crippen LogP contribution in [0.5, 0.6) is 0 Å². The Hall–Kier alpha value is -2.52. The highest BCUT2D eigenvalue weighted by Gasteiger charge is 2.28. The van der Waals surface area contributed by atoms with Crippen LogP contribution in [0.1, 0.15) is 40.8 Å². The molecule has 1 unspecified atom stereocenters. The van der Waals surface area contributed by atoms with Crippen LogP contribution in [0, 0.1) is 11.6 Å². The molecule has 3 aromatic rings. The van der Waals surface area contributed by atoms with E-state index in [1.54, 1.807) is 11.3 Å². The number of carbonyl (C=O) groups is 1. The molecule has 0 saturated carbocycles. The van der Waals surface area contributed by atoms with Crippen LogP contribution in [0.25, 0.3) is 0 Å². The van der Waals surface area contributed by atoms with Gasteiger partial charge in [-0.1, -0.05) is 37.3 Å². The number of halogens is 2. The molecule has 1 amide bonds.